The van der Waals surface area contributed by atoms with Crippen molar-refractivity contribution in [2.24, 2.45) is 5.84 Å². The van der Waals surface area contributed by atoms with Crippen molar-refractivity contribution in [1.82, 2.24) is 4.98 Å². The molecule has 2 rings (SSSR count). The Morgan fingerprint density at radius 2 is 2.38 bits per heavy atom. The van der Waals surface area contributed by atoms with Crippen LogP contribution in [-0.4, -0.2) is 29.2 Å². The van der Waals surface area contributed by atoms with Gasteiger partial charge in [-0.15, -0.1) is 0 Å². The molecule has 0 radical (unpaired) electrons. The maximum absolute atomic E-state index is 10.7. The highest BCUT2D eigenvalue weighted by atomic mass is 16.6. The van der Waals surface area contributed by atoms with Crippen LogP contribution in [0.2, 0.25) is 0 Å². The molecule has 0 aromatic carbocycles. The molecule has 1 aliphatic heterocycles. The maximum atomic E-state index is 10.7. The monoisotopic (exact) mass is 226 g/mol. The molecule has 0 aliphatic carbocycles. The van der Waals surface area contributed by atoms with E-state index in [2.05, 4.69) is 10.4 Å². The second-order valence-electron chi connectivity index (χ2n) is 3.20. The van der Waals surface area contributed by atoms with Gasteiger partial charge < -0.3 is 14.9 Å². The van der Waals surface area contributed by atoms with Crippen molar-refractivity contribution in [3.05, 3.63) is 22.2 Å². The molecular weight excluding hydrogens is 216 g/mol. The molecule has 0 spiro atoms. The fourth-order valence-electron chi connectivity index (χ4n) is 1.18. The summed E-state index contributed by atoms with van der Waals surface area (Å²) in [6, 6.07) is 2.69. The molecule has 86 valence electrons. The Labute approximate surface area is 90.5 Å². The van der Waals surface area contributed by atoms with Crippen molar-refractivity contribution in [2.45, 2.75) is 6.10 Å². The molecule has 0 amide bonds. The highest BCUT2D eigenvalue weighted by Gasteiger charge is 2.26. The predicted molar refractivity (Wildman–Crippen MR) is 53.9 cm³/mol. The molecule has 0 unspecified atom stereocenters. The van der Waals surface area contributed by atoms with E-state index in [1.165, 1.54) is 12.1 Å². The number of nitrogens with zero attached hydrogens (tertiary/aromatic N) is 2. The summed E-state index contributed by atoms with van der Waals surface area (Å²) < 4.78 is 10.2. The zero-order chi connectivity index (χ0) is 11.5. The van der Waals surface area contributed by atoms with E-state index in [0.29, 0.717) is 19.0 Å². The summed E-state index contributed by atoms with van der Waals surface area (Å²) in [6.07, 6.45) is -0.181. The normalized spacial score (nSPS) is 15.3. The third kappa shape index (κ3) is 2.02. The van der Waals surface area contributed by atoms with E-state index >= 15 is 0 Å². The minimum atomic E-state index is -0.553. The number of pyridine rings is 1. The Morgan fingerprint density at radius 3 is 2.88 bits per heavy atom. The number of anilines is 1. The van der Waals surface area contributed by atoms with Crippen LogP contribution in [0, 0.1) is 10.1 Å². The number of nitrogen functional groups attached to an aromatic ring is 1. The van der Waals surface area contributed by atoms with Crippen molar-refractivity contribution in [1.29, 1.82) is 0 Å². The van der Waals surface area contributed by atoms with Gasteiger partial charge in [0.25, 0.3) is 5.88 Å². The van der Waals surface area contributed by atoms with Crippen LogP contribution in [-0.2, 0) is 4.74 Å². The number of hydrazine groups is 1. The summed E-state index contributed by atoms with van der Waals surface area (Å²) in [5.74, 6) is 5.42. The van der Waals surface area contributed by atoms with Gasteiger partial charge in [-0.1, -0.05) is 0 Å². The largest absolute Gasteiger partial charge is 0.465 e. The van der Waals surface area contributed by atoms with Crippen molar-refractivity contribution in [3.63, 3.8) is 0 Å². The number of nitrogens with one attached hydrogen (secondary N) is 1. The van der Waals surface area contributed by atoms with Crippen LogP contribution in [0.3, 0.4) is 0 Å². The van der Waals surface area contributed by atoms with Gasteiger partial charge in [0.05, 0.1) is 18.1 Å². The first-order chi connectivity index (χ1) is 7.70. The van der Waals surface area contributed by atoms with Gasteiger partial charge in [-0.05, 0) is 6.07 Å². The molecule has 0 atom stereocenters. The smallest absolute Gasteiger partial charge is 0.331 e. The summed E-state index contributed by atoms with van der Waals surface area (Å²) in [6.45, 7) is 0.832. The first-order valence-electron chi connectivity index (χ1n) is 4.57. The lowest BCUT2D eigenvalue weighted by atomic mass is 10.3. The van der Waals surface area contributed by atoms with Crippen LogP contribution in [0.15, 0.2) is 12.1 Å². The van der Waals surface area contributed by atoms with Crippen molar-refractivity contribution >= 4 is 11.5 Å². The fourth-order valence-corrected chi connectivity index (χ4v) is 1.18. The fraction of sp³-hybridized carbons (Fsp3) is 0.375. The molecule has 16 heavy (non-hydrogen) atoms. The zero-order valence-electron chi connectivity index (χ0n) is 8.25. The van der Waals surface area contributed by atoms with Crippen LogP contribution >= 0.6 is 0 Å². The van der Waals surface area contributed by atoms with E-state index in [9.17, 15) is 10.1 Å². The number of nitrogens with two attached hydrogens (primary N) is 1. The van der Waals surface area contributed by atoms with E-state index in [1.807, 2.05) is 0 Å². The third-order valence-electron chi connectivity index (χ3n) is 2.07. The number of ether oxygens (including phenoxy) is 2. The molecular formula is C8H10N4O4. The van der Waals surface area contributed by atoms with Crippen molar-refractivity contribution in [3.8, 4) is 5.88 Å². The molecule has 1 saturated heterocycles. The van der Waals surface area contributed by atoms with E-state index in [1.54, 1.807) is 0 Å². The predicted octanol–water partition coefficient (Wildman–Crippen LogP) is 0.0530. The van der Waals surface area contributed by atoms with Gasteiger partial charge in [0.2, 0.25) is 0 Å². The van der Waals surface area contributed by atoms with Crippen LogP contribution in [0.5, 0.6) is 5.88 Å². The van der Waals surface area contributed by atoms with Crippen LogP contribution in [0.1, 0.15) is 0 Å². The Hall–Kier alpha value is -1.93. The highest BCUT2D eigenvalue weighted by molar-refractivity contribution is 5.48. The SMILES string of the molecule is NNc1ccc([N+](=O)[O-])c(OC2COC2)n1. The number of aromatic nitrogens is 1. The second-order valence-corrected chi connectivity index (χ2v) is 3.20. The molecule has 0 bridgehead atoms. The van der Waals surface area contributed by atoms with Crippen molar-refractivity contribution < 1.29 is 14.4 Å². The lowest BCUT2D eigenvalue weighted by Gasteiger charge is -2.25. The third-order valence-corrected chi connectivity index (χ3v) is 2.07. The first-order valence-corrected chi connectivity index (χ1v) is 4.57. The number of nitro groups is 1. The zero-order valence-corrected chi connectivity index (χ0v) is 8.25. The van der Waals surface area contributed by atoms with Gasteiger partial charge in [0.15, 0.2) is 0 Å². The summed E-state index contributed by atoms with van der Waals surface area (Å²) in [7, 11) is 0. The average Bonchev–Trinajstić information content (AvgIpc) is 2.22. The minimum absolute atomic E-state index is 0.0475. The molecule has 1 aliphatic rings. The van der Waals surface area contributed by atoms with Crippen LogP contribution < -0.4 is 16.0 Å². The lowest BCUT2D eigenvalue weighted by Crippen LogP contribution is -2.39. The summed E-state index contributed by atoms with van der Waals surface area (Å²) in [5, 5.41) is 10.7. The average molecular weight is 226 g/mol. The van der Waals surface area contributed by atoms with Gasteiger partial charge in [-0.2, -0.15) is 4.98 Å². The topological polar surface area (TPSA) is 113 Å². The molecule has 2 heterocycles. The molecule has 3 N–H and O–H groups in total. The van der Waals surface area contributed by atoms with Gasteiger partial charge in [0.1, 0.15) is 11.9 Å². The van der Waals surface area contributed by atoms with Gasteiger partial charge in [0, 0.05) is 6.07 Å². The lowest BCUT2D eigenvalue weighted by molar-refractivity contribution is -0.386. The van der Waals surface area contributed by atoms with Crippen molar-refractivity contribution in [2.75, 3.05) is 18.6 Å². The standard InChI is InChI=1S/C8H10N4O4/c9-11-7-2-1-6(12(13)14)8(10-7)16-5-3-15-4-5/h1-2,5H,3-4,9H2,(H,10,11). The van der Waals surface area contributed by atoms with Crippen LogP contribution in [0.4, 0.5) is 11.5 Å². The molecule has 8 heteroatoms. The maximum Gasteiger partial charge on any atom is 0.331 e. The summed E-state index contributed by atoms with van der Waals surface area (Å²) in [4.78, 5) is 14.0. The Morgan fingerprint density at radius 1 is 1.62 bits per heavy atom. The van der Waals surface area contributed by atoms with E-state index in [4.69, 9.17) is 15.3 Å². The summed E-state index contributed by atoms with van der Waals surface area (Å²) >= 11 is 0. The number of hydrogen-bond acceptors (Lipinski definition) is 7. The highest BCUT2D eigenvalue weighted by Crippen LogP contribution is 2.27. The van der Waals surface area contributed by atoms with Gasteiger partial charge in [-0.3, -0.25) is 10.1 Å². The van der Waals surface area contributed by atoms with E-state index in [-0.39, 0.29) is 17.7 Å². The number of hydrogen-bond donors (Lipinski definition) is 2. The molecule has 8 nitrogen and oxygen atoms in total. The van der Waals surface area contributed by atoms with E-state index in [0.717, 1.165) is 0 Å². The molecule has 1 aromatic heterocycles. The molecule has 1 aromatic rings. The Bertz CT molecular complexity index is 407. The second kappa shape index (κ2) is 4.29. The Kier molecular flexibility index (Phi) is 2.84. The Balaban J connectivity index is 2.25. The quantitative estimate of drug-likeness (QED) is 0.423. The van der Waals surface area contributed by atoms with Crippen LogP contribution in [0.25, 0.3) is 0 Å². The molecule has 0 saturated carbocycles. The summed E-state index contributed by atoms with van der Waals surface area (Å²) in [5.41, 5.74) is 2.11. The first kappa shape index (κ1) is 10.6. The van der Waals surface area contributed by atoms with E-state index < -0.39 is 4.92 Å². The molecule has 1 fully saturated rings. The van der Waals surface area contributed by atoms with Gasteiger partial charge in [-0.25, -0.2) is 5.84 Å². The van der Waals surface area contributed by atoms with Gasteiger partial charge >= 0.3 is 5.69 Å². The number of rotatable bonds is 4. The minimum Gasteiger partial charge on any atom is -0.465 e.